The average Bonchev–Trinajstić information content (AvgIpc) is 2.29. The molecule has 1 heterocycles. The highest BCUT2D eigenvalue weighted by molar-refractivity contribution is 7.89. The molecule has 1 aromatic carbocycles. The number of hydrogen-bond donors (Lipinski definition) is 0. The Hall–Kier alpha value is -0.910. The van der Waals surface area contributed by atoms with Crippen LogP contribution >= 0.6 is 0 Å². The third kappa shape index (κ3) is 2.36. The van der Waals surface area contributed by atoms with Gasteiger partial charge >= 0.3 is 0 Å². The first-order valence-corrected chi connectivity index (χ1v) is 7.11. The molecular formula is C12H17NO3S. The van der Waals surface area contributed by atoms with Crippen LogP contribution in [0.4, 0.5) is 0 Å². The molecule has 0 atom stereocenters. The van der Waals surface area contributed by atoms with Gasteiger partial charge in [-0.3, -0.25) is 0 Å². The first-order chi connectivity index (χ1) is 8.03. The highest BCUT2D eigenvalue weighted by Crippen LogP contribution is 2.24. The number of morpholine rings is 1. The van der Waals surface area contributed by atoms with Crippen LogP contribution in [0.3, 0.4) is 0 Å². The smallest absolute Gasteiger partial charge is 0.243 e. The molecule has 0 unspecified atom stereocenters. The lowest BCUT2D eigenvalue weighted by Crippen LogP contribution is -2.41. The molecule has 2 rings (SSSR count). The van der Waals surface area contributed by atoms with E-state index in [9.17, 15) is 8.42 Å². The summed E-state index contributed by atoms with van der Waals surface area (Å²) in [6.07, 6.45) is 0. The summed E-state index contributed by atoms with van der Waals surface area (Å²) in [5, 5.41) is 0. The van der Waals surface area contributed by atoms with Gasteiger partial charge in [0.25, 0.3) is 0 Å². The number of sulfonamides is 1. The SMILES string of the molecule is Cc1cccc(C)c1S(=O)(=O)N1CCOCC1. The Morgan fingerprint density at radius 3 is 2.18 bits per heavy atom. The van der Waals surface area contributed by atoms with E-state index < -0.39 is 10.0 Å². The first kappa shape index (κ1) is 12.5. The minimum Gasteiger partial charge on any atom is -0.379 e. The predicted octanol–water partition coefficient (Wildman–Crippen LogP) is 1.32. The van der Waals surface area contributed by atoms with E-state index in [-0.39, 0.29) is 0 Å². The molecule has 0 aliphatic carbocycles. The Bertz CT molecular complexity index is 484. The molecule has 4 nitrogen and oxygen atoms in total. The zero-order chi connectivity index (χ0) is 12.5. The lowest BCUT2D eigenvalue weighted by molar-refractivity contribution is 0.0730. The van der Waals surface area contributed by atoms with Crippen molar-refractivity contribution in [2.45, 2.75) is 18.7 Å². The Morgan fingerprint density at radius 1 is 1.12 bits per heavy atom. The van der Waals surface area contributed by atoms with Crippen molar-refractivity contribution < 1.29 is 13.2 Å². The fourth-order valence-corrected chi connectivity index (χ4v) is 3.96. The molecule has 0 spiro atoms. The fraction of sp³-hybridized carbons (Fsp3) is 0.500. The summed E-state index contributed by atoms with van der Waals surface area (Å²) < 4.78 is 31.7. The quantitative estimate of drug-likeness (QED) is 0.801. The molecule has 1 fully saturated rings. The summed E-state index contributed by atoms with van der Waals surface area (Å²) in [6, 6.07) is 5.55. The van der Waals surface area contributed by atoms with Gasteiger partial charge in [0.1, 0.15) is 0 Å². The van der Waals surface area contributed by atoms with Crippen molar-refractivity contribution in [2.75, 3.05) is 26.3 Å². The average molecular weight is 255 g/mol. The van der Waals surface area contributed by atoms with Crippen LogP contribution in [0.15, 0.2) is 23.1 Å². The van der Waals surface area contributed by atoms with Crippen molar-refractivity contribution in [1.29, 1.82) is 0 Å². The number of ether oxygens (including phenoxy) is 1. The van der Waals surface area contributed by atoms with Gasteiger partial charge in [0.15, 0.2) is 0 Å². The molecule has 94 valence electrons. The molecule has 0 N–H and O–H groups in total. The molecular weight excluding hydrogens is 238 g/mol. The molecule has 1 saturated heterocycles. The number of rotatable bonds is 2. The van der Waals surface area contributed by atoms with Gasteiger partial charge in [-0.05, 0) is 25.0 Å². The topological polar surface area (TPSA) is 46.6 Å². The maximum atomic E-state index is 12.5. The van der Waals surface area contributed by atoms with Crippen molar-refractivity contribution in [1.82, 2.24) is 4.31 Å². The van der Waals surface area contributed by atoms with Gasteiger partial charge in [-0.15, -0.1) is 0 Å². The van der Waals surface area contributed by atoms with Crippen LogP contribution in [0.1, 0.15) is 11.1 Å². The van der Waals surface area contributed by atoms with Gasteiger partial charge in [-0.1, -0.05) is 18.2 Å². The summed E-state index contributed by atoms with van der Waals surface area (Å²) in [5.74, 6) is 0. The van der Waals surface area contributed by atoms with Crippen LogP contribution in [0.25, 0.3) is 0 Å². The van der Waals surface area contributed by atoms with Gasteiger partial charge in [-0.2, -0.15) is 4.31 Å². The second kappa shape index (κ2) is 4.76. The monoisotopic (exact) mass is 255 g/mol. The zero-order valence-corrected chi connectivity index (χ0v) is 11.0. The van der Waals surface area contributed by atoms with Crippen LogP contribution < -0.4 is 0 Å². The fourth-order valence-electron chi connectivity index (χ4n) is 2.12. The van der Waals surface area contributed by atoms with Crippen molar-refractivity contribution in [3.8, 4) is 0 Å². The Kier molecular flexibility index (Phi) is 3.51. The highest BCUT2D eigenvalue weighted by atomic mass is 32.2. The molecule has 17 heavy (non-hydrogen) atoms. The van der Waals surface area contributed by atoms with E-state index >= 15 is 0 Å². The van der Waals surface area contributed by atoms with Crippen molar-refractivity contribution in [2.24, 2.45) is 0 Å². The largest absolute Gasteiger partial charge is 0.379 e. The molecule has 1 aliphatic rings. The molecule has 0 radical (unpaired) electrons. The second-order valence-electron chi connectivity index (χ2n) is 4.24. The Labute approximate surface area is 102 Å². The van der Waals surface area contributed by atoms with E-state index in [0.29, 0.717) is 31.2 Å². The summed E-state index contributed by atoms with van der Waals surface area (Å²) in [5.41, 5.74) is 1.60. The molecule has 0 saturated carbocycles. The Balaban J connectivity index is 2.44. The van der Waals surface area contributed by atoms with E-state index in [2.05, 4.69) is 0 Å². The normalized spacial score (nSPS) is 18.2. The third-order valence-corrected chi connectivity index (χ3v) is 5.18. The van der Waals surface area contributed by atoms with Crippen molar-refractivity contribution in [3.63, 3.8) is 0 Å². The van der Waals surface area contributed by atoms with Gasteiger partial charge in [0.05, 0.1) is 18.1 Å². The summed E-state index contributed by atoms with van der Waals surface area (Å²) in [6.45, 7) is 5.50. The van der Waals surface area contributed by atoms with Gasteiger partial charge < -0.3 is 4.74 Å². The van der Waals surface area contributed by atoms with E-state index in [1.54, 1.807) is 0 Å². The maximum Gasteiger partial charge on any atom is 0.243 e. The van der Waals surface area contributed by atoms with Crippen LogP contribution in [-0.4, -0.2) is 39.0 Å². The summed E-state index contributed by atoms with van der Waals surface area (Å²) in [7, 11) is -3.37. The Morgan fingerprint density at radius 2 is 1.65 bits per heavy atom. The second-order valence-corrected chi connectivity index (χ2v) is 6.11. The number of hydrogen-bond acceptors (Lipinski definition) is 3. The zero-order valence-electron chi connectivity index (χ0n) is 10.1. The summed E-state index contributed by atoms with van der Waals surface area (Å²) >= 11 is 0. The van der Waals surface area contributed by atoms with Crippen LogP contribution in [0, 0.1) is 13.8 Å². The van der Waals surface area contributed by atoms with Crippen molar-refractivity contribution in [3.05, 3.63) is 29.3 Å². The maximum absolute atomic E-state index is 12.5. The minimum absolute atomic E-state index is 0.441. The van der Waals surface area contributed by atoms with Crippen molar-refractivity contribution >= 4 is 10.0 Å². The molecule has 1 aromatic rings. The molecule has 5 heteroatoms. The van der Waals surface area contributed by atoms with E-state index in [4.69, 9.17) is 4.74 Å². The lowest BCUT2D eigenvalue weighted by Gasteiger charge is -2.27. The van der Waals surface area contributed by atoms with E-state index in [1.165, 1.54) is 4.31 Å². The van der Waals surface area contributed by atoms with Crippen LogP contribution in [-0.2, 0) is 14.8 Å². The standard InChI is InChI=1S/C12H17NO3S/c1-10-4-3-5-11(2)12(10)17(14,15)13-6-8-16-9-7-13/h3-5H,6-9H2,1-2H3. The van der Waals surface area contributed by atoms with E-state index in [1.807, 2.05) is 32.0 Å². The lowest BCUT2D eigenvalue weighted by atomic mass is 10.2. The van der Waals surface area contributed by atoms with E-state index in [0.717, 1.165) is 11.1 Å². The number of aryl methyl sites for hydroxylation is 2. The van der Waals surface area contributed by atoms with Gasteiger partial charge in [0.2, 0.25) is 10.0 Å². The first-order valence-electron chi connectivity index (χ1n) is 5.67. The predicted molar refractivity (Wildman–Crippen MR) is 65.5 cm³/mol. The van der Waals surface area contributed by atoms with Crippen LogP contribution in [0.2, 0.25) is 0 Å². The molecule has 0 bridgehead atoms. The molecule has 1 aliphatic heterocycles. The minimum atomic E-state index is -3.37. The summed E-state index contributed by atoms with van der Waals surface area (Å²) in [4.78, 5) is 0.446. The van der Waals surface area contributed by atoms with Gasteiger partial charge in [-0.25, -0.2) is 8.42 Å². The third-order valence-electron chi connectivity index (χ3n) is 2.98. The number of benzene rings is 1. The number of nitrogens with zero attached hydrogens (tertiary/aromatic N) is 1. The highest BCUT2D eigenvalue weighted by Gasteiger charge is 2.28. The molecule has 0 amide bonds. The van der Waals surface area contributed by atoms with Gasteiger partial charge in [0, 0.05) is 13.1 Å². The van der Waals surface area contributed by atoms with Crippen LogP contribution in [0.5, 0.6) is 0 Å². The molecule has 0 aromatic heterocycles.